The van der Waals surface area contributed by atoms with Crippen LogP contribution in [0.25, 0.3) is 0 Å². The van der Waals surface area contributed by atoms with Crippen LogP contribution in [-0.2, 0) is 19.1 Å². The van der Waals surface area contributed by atoms with Gasteiger partial charge in [0.25, 0.3) is 0 Å². The zero-order valence-corrected chi connectivity index (χ0v) is 21.8. The molecule has 34 heavy (non-hydrogen) atoms. The molecule has 10 heteroatoms. The Balaban J connectivity index is 1.80. The van der Waals surface area contributed by atoms with Crippen LogP contribution in [0.15, 0.2) is 0 Å². The van der Waals surface area contributed by atoms with Crippen molar-refractivity contribution in [3.63, 3.8) is 0 Å². The van der Waals surface area contributed by atoms with E-state index in [1.807, 2.05) is 20.8 Å². The van der Waals surface area contributed by atoms with Crippen LogP contribution in [0, 0.1) is 5.92 Å². The number of amides is 4. The largest absolute Gasteiger partial charge is 0.444 e. The number of ether oxygens (including phenoxy) is 1. The molecule has 2 fully saturated rings. The summed E-state index contributed by atoms with van der Waals surface area (Å²) in [5.41, 5.74) is -0.507. The van der Waals surface area contributed by atoms with Gasteiger partial charge < -0.3 is 24.3 Å². The van der Waals surface area contributed by atoms with E-state index in [9.17, 15) is 19.2 Å². The highest BCUT2D eigenvalue weighted by Crippen LogP contribution is 2.31. The zero-order valence-electron chi connectivity index (χ0n) is 21.8. The van der Waals surface area contributed by atoms with E-state index < -0.39 is 5.60 Å². The van der Waals surface area contributed by atoms with Crippen molar-refractivity contribution in [1.82, 2.24) is 24.5 Å². The molecule has 1 saturated heterocycles. The molecular formula is C24H43N5O5. The van der Waals surface area contributed by atoms with Crippen LogP contribution >= 0.6 is 0 Å². The molecule has 1 heterocycles. The molecule has 1 aliphatic heterocycles. The Morgan fingerprint density at radius 2 is 1.38 bits per heavy atom. The van der Waals surface area contributed by atoms with Gasteiger partial charge in [-0.3, -0.25) is 19.3 Å². The third-order valence-corrected chi connectivity index (χ3v) is 6.28. The van der Waals surface area contributed by atoms with Crippen LogP contribution in [0.2, 0.25) is 0 Å². The van der Waals surface area contributed by atoms with Crippen LogP contribution < -0.4 is 0 Å². The van der Waals surface area contributed by atoms with Crippen molar-refractivity contribution in [3.05, 3.63) is 0 Å². The Hall–Kier alpha value is -2.36. The first-order valence-electron chi connectivity index (χ1n) is 12.3. The first-order chi connectivity index (χ1) is 15.9. The number of nitrogens with zero attached hydrogens (tertiary/aromatic N) is 5. The van der Waals surface area contributed by atoms with Crippen molar-refractivity contribution < 1.29 is 23.9 Å². The fourth-order valence-electron chi connectivity index (χ4n) is 3.76. The zero-order chi connectivity index (χ0) is 25.5. The number of likely N-dealkylation sites (N-methyl/N-ethyl adjacent to an activating group) is 1. The predicted octanol–water partition coefficient (Wildman–Crippen LogP) is 1.10. The quantitative estimate of drug-likeness (QED) is 0.464. The maximum Gasteiger partial charge on any atom is 0.410 e. The highest BCUT2D eigenvalue weighted by atomic mass is 16.6. The number of piperazine rings is 1. The van der Waals surface area contributed by atoms with E-state index in [1.165, 1.54) is 6.92 Å². The van der Waals surface area contributed by atoms with Crippen molar-refractivity contribution in [2.75, 3.05) is 72.5 Å². The second-order valence-corrected chi connectivity index (χ2v) is 10.4. The van der Waals surface area contributed by atoms with Gasteiger partial charge in [0.15, 0.2) is 0 Å². The van der Waals surface area contributed by atoms with Gasteiger partial charge in [0, 0.05) is 92.3 Å². The van der Waals surface area contributed by atoms with Gasteiger partial charge in [-0.25, -0.2) is 4.79 Å². The molecule has 0 N–H and O–H groups in total. The lowest BCUT2D eigenvalue weighted by atomic mass is 10.2. The van der Waals surface area contributed by atoms with E-state index >= 15 is 0 Å². The smallest absolute Gasteiger partial charge is 0.410 e. The summed E-state index contributed by atoms with van der Waals surface area (Å²) in [4.78, 5) is 57.9. The Labute approximate surface area is 204 Å². The summed E-state index contributed by atoms with van der Waals surface area (Å²) in [6, 6.07) is 0. The molecule has 0 aromatic rings. The Kier molecular flexibility index (Phi) is 10.1. The molecular weight excluding hydrogens is 438 g/mol. The lowest BCUT2D eigenvalue weighted by molar-refractivity contribution is -0.136. The SMILES string of the molecule is CC(=O)N(C)CCN(CCN(CCN1CCN(C(=O)OC(C)(C)C)CC1)C(C)=O)C(=O)C1CC1. The van der Waals surface area contributed by atoms with Crippen molar-refractivity contribution >= 4 is 23.8 Å². The number of hydrogen-bond acceptors (Lipinski definition) is 6. The third kappa shape index (κ3) is 9.48. The van der Waals surface area contributed by atoms with Crippen LogP contribution in [0.4, 0.5) is 4.79 Å². The lowest BCUT2D eigenvalue weighted by Gasteiger charge is -2.36. The Morgan fingerprint density at radius 1 is 0.824 bits per heavy atom. The van der Waals surface area contributed by atoms with E-state index in [2.05, 4.69) is 4.90 Å². The summed E-state index contributed by atoms with van der Waals surface area (Å²) in [5.74, 6) is 0.163. The molecule has 2 aliphatic rings. The van der Waals surface area contributed by atoms with E-state index in [1.54, 1.807) is 33.6 Å². The molecule has 0 bridgehead atoms. The maximum absolute atomic E-state index is 12.7. The fraction of sp³-hybridized carbons (Fsp3) is 0.833. The number of carbonyl (C=O) groups excluding carboxylic acids is 4. The second kappa shape index (κ2) is 12.4. The molecule has 0 aromatic heterocycles. The summed E-state index contributed by atoms with van der Waals surface area (Å²) >= 11 is 0. The van der Waals surface area contributed by atoms with Gasteiger partial charge in [0.1, 0.15) is 5.60 Å². The monoisotopic (exact) mass is 481 g/mol. The van der Waals surface area contributed by atoms with Crippen molar-refractivity contribution in [2.24, 2.45) is 5.92 Å². The van der Waals surface area contributed by atoms with Crippen molar-refractivity contribution in [2.45, 2.75) is 53.1 Å². The number of rotatable bonds is 10. The highest BCUT2D eigenvalue weighted by Gasteiger charge is 2.33. The Morgan fingerprint density at radius 3 is 1.88 bits per heavy atom. The van der Waals surface area contributed by atoms with E-state index in [4.69, 9.17) is 4.74 Å². The van der Waals surface area contributed by atoms with Gasteiger partial charge >= 0.3 is 6.09 Å². The highest BCUT2D eigenvalue weighted by molar-refractivity contribution is 5.81. The second-order valence-electron chi connectivity index (χ2n) is 10.4. The van der Waals surface area contributed by atoms with Crippen LogP contribution in [0.1, 0.15) is 47.5 Å². The lowest BCUT2D eigenvalue weighted by Crippen LogP contribution is -2.52. The van der Waals surface area contributed by atoms with Gasteiger partial charge in [-0.2, -0.15) is 0 Å². The Bertz CT molecular complexity index is 726. The molecule has 0 unspecified atom stereocenters. The van der Waals surface area contributed by atoms with Crippen molar-refractivity contribution in [1.29, 1.82) is 0 Å². The predicted molar refractivity (Wildman–Crippen MR) is 129 cm³/mol. The normalized spacial score (nSPS) is 16.7. The minimum Gasteiger partial charge on any atom is -0.444 e. The van der Waals surface area contributed by atoms with Gasteiger partial charge in [0.05, 0.1) is 0 Å². The molecule has 194 valence electrons. The molecule has 0 aromatic carbocycles. The van der Waals surface area contributed by atoms with Crippen LogP contribution in [0.3, 0.4) is 0 Å². The molecule has 2 rings (SSSR count). The molecule has 0 radical (unpaired) electrons. The van der Waals surface area contributed by atoms with Gasteiger partial charge in [-0.15, -0.1) is 0 Å². The van der Waals surface area contributed by atoms with Crippen LogP contribution in [0.5, 0.6) is 0 Å². The summed E-state index contributed by atoms with van der Waals surface area (Å²) in [5, 5.41) is 0. The molecule has 4 amide bonds. The summed E-state index contributed by atoms with van der Waals surface area (Å²) in [6.45, 7) is 14.5. The molecule has 0 atom stereocenters. The van der Waals surface area contributed by atoms with Gasteiger partial charge in [0.2, 0.25) is 17.7 Å². The standard InChI is InChI=1S/C24H43N5O5/c1-19(30)25(6)9-13-28(22(32)21-7-8-21)18-17-27(20(2)31)14-10-26-11-15-29(16-12-26)23(33)34-24(3,4)5/h21H,7-18H2,1-6H3. The maximum atomic E-state index is 12.7. The minimum absolute atomic E-state index is 0.0212. The van der Waals surface area contributed by atoms with E-state index in [0.717, 1.165) is 25.9 Å². The number of hydrogen-bond donors (Lipinski definition) is 0. The average molecular weight is 482 g/mol. The number of carbonyl (C=O) groups is 4. The van der Waals surface area contributed by atoms with E-state index in [-0.39, 0.29) is 29.7 Å². The van der Waals surface area contributed by atoms with E-state index in [0.29, 0.717) is 52.4 Å². The molecule has 10 nitrogen and oxygen atoms in total. The average Bonchev–Trinajstić information content (AvgIpc) is 3.59. The van der Waals surface area contributed by atoms with Crippen LogP contribution in [-0.4, -0.2) is 126 Å². The molecule has 1 saturated carbocycles. The van der Waals surface area contributed by atoms with Gasteiger partial charge in [-0.1, -0.05) is 0 Å². The first-order valence-corrected chi connectivity index (χ1v) is 12.3. The summed E-state index contributed by atoms with van der Waals surface area (Å²) in [6.07, 6.45) is 1.56. The third-order valence-electron chi connectivity index (χ3n) is 6.28. The summed E-state index contributed by atoms with van der Waals surface area (Å²) in [7, 11) is 1.73. The minimum atomic E-state index is -0.507. The molecule has 1 aliphatic carbocycles. The first kappa shape index (κ1) is 27.9. The topological polar surface area (TPSA) is 93.7 Å². The molecule has 0 spiro atoms. The summed E-state index contributed by atoms with van der Waals surface area (Å²) < 4.78 is 5.45. The van der Waals surface area contributed by atoms with Gasteiger partial charge in [-0.05, 0) is 33.6 Å². The fourth-order valence-corrected chi connectivity index (χ4v) is 3.76. The van der Waals surface area contributed by atoms with Crippen molar-refractivity contribution in [3.8, 4) is 0 Å².